The van der Waals surface area contributed by atoms with Gasteiger partial charge in [-0.25, -0.2) is 0 Å². The summed E-state index contributed by atoms with van der Waals surface area (Å²) >= 11 is 0. The molecule has 6 nitrogen and oxygen atoms in total. The van der Waals surface area contributed by atoms with Crippen LogP contribution in [0.25, 0.3) is 17.2 Å². The van der Waals surface area contributed by atoms with E-state index in [4.69, 9.17) is 4.74 Å². The van der Waals surface area contributed by atoms with Crippen molar-refractivity contribution in [3.8, 4) is 16.9 Å². The maximum Gasteiger partial charge on any atom is 0.262 e. The van der Waals surface area contributed by atoms with Crippen molar-refractivity contribution in [1.29, 1.82) is 0 Å². The van der Waals surface area contributed by atoms with Gasteiger partial charge in [0.25, 0.3) is 11.8 Å². The number of likely N-dealkylation sites (tertiary alicyclic amines) is 1. The predicted octanol–water partition coefficient (Wildman–Crippen LogP) is 4.42. The van der Waals surface area contributed by atoms with Crippen LogP contribution in [-0.4, -0.2) is 52.8 Å². The highest BCUT2D eigenvalue weighted by atomic mass is 16.5. The van der Waals surface area contributed by atoms with Crippen LogP contribution in [0.2, 0.25) is 0 Å². The van der Waals surface area contributed by atoms with E-state index >= 15 is 0 Å². The second-order valence-corrected chi connectivity index (χ2v) is 9.24. The van der Waals surface area contributed by atoms with E-state index in [1.165, 1.54) is 0 Å². The molecular weight excluding hydrogens is 440 g/mol. The number of amides is 3. The smallest absolute Gasteiger partial charge is 0.262 e. The summed E-state index contributed by atoms with van der Waals surface area (Å²) in [5.74, 6) is -0.185. The van der Waals surface area contributed by atoms with Crippen LogP contribution in [0.15, 0.2) is 78.9 Å². The van der Waals surface area contributed by atoms with Gasteiger partial charge < -0.3 is 9.64 Å². The van der Waals surface area contributed by atoms with E-state index in [1.54, 1.807) is 29.2 Å². The summed E-state index contributed by atoms with van der Waals surface area (Å²) in [4.78, 5) is 40.9. The second-order valence-electron chi connectivity index (χ2n) is 9.24. The van der Waals surface area contributed by atoms with Crippen LogP contribution < -0.4 is 4.74 Å². The van der Waals surface area contributed by atoms with E-state index in [0.29, 0.717) is 37.1 Å². The molecule has 1 fully saturated rings. The average Bonchev–Trinajstić information content (AvgIpc) is 3.14. The monoisotopic (exact) mass is 464 g/mol. The van der Waals surface area contributed by atoms with Crippen molar-refractivity contribution in [2.75, 3.05) is 19.6 Å². The highest BCUT2D eigenvalue weighted by Crippen LogP contribution is 2.39. The summed E-state index contributed by atoms with van der Waals surface area (Å²) in [6, 6.07) is 23.1. The number of ether oxygens (including phenoxy) is 1. The lowest BCUT2D eigenvalue weighted by molar-refractivity contribution is -0.134. The largest absolute Gasteiger partial charge is 0.482 e. The zero-order chi connectivity index (χ0) is 24.0. The van der Waals surface area contributed by atoms with Gasteiger partial charge in [0.15, 0.2) is 0 Å². The summed E-state index contributed by atoms with van der Waals surface area (Å²) in [6.45, 7) is 0.773. The van der Waals surface area contributed by atoms with Crippen molar-refractivity contribution in [2.24, 2.45) is 0 Å². The maximum absolute atomic E-state index is 13.0. The lowest BCUT2D eigenvalue weighted by atomic mass is 9.87. The minimum atomic E-state index is -0.451. The molecule has 3 amide bonds. The number of rotatable bonds is 3. The number of fused-ring (bicyclic) bond motifs is 2. The van der Waals surface area contributed by atoms with Crippen molar-refractivity contribution in [3.63, 3.8) is 0 Å². The summed E-state index contributed by atoms with van der Waals surface area (Å²) < 4.78 is 6.45. The minimum Gasteiger partial charge on any atom is -0.482 e. The van der Waals surface area contributed by atoms with Crippen LogP contribution in [0, 0.1) is 0 Å². The van der Waals surface area contributed by atoms with E-state index in [1.807, 2.05) is 24.3 Å². The van der Waals surface area contributed by atoms with Crippen molar-refractivity contribution in [2.45, 2.75) is 18.4 Å². The van der Waals surface area contributed by atoms with Gasteiger partial charge >= 0.3 is 0 Å². The van der Waals surface area contributed by atoms with E-state index < -0.39 is 17.4 Å². The summed E-state index contributed by atoms with van der Waals surface area (Å²) in [6.07, 6.45) is 5.52. The standard InChI is InChI=1S/C29H24N2O4/c32-26(19-31-27(33)23-8-4-5-9-24(23)28(31)34)30-16-14-29(15-17-30)13-12-22-18-21(10-11-25(22)35-29)20-6-2-1-3-7-20/h1-13,18H,14-17,19H2. The fourth-order valence-electron chi connectivity index (χ4n) is 5.10. The molecule has 0 atom stereocenters. The first kappa shape index (κ1) is 21.4. The Labute approximate surface area is 203 Å². The molecule has 0 radical (unpaired) electrons. The van der Waals surface area contributed by atoms with Crippen LogP contribution in [-0.2, 0) is 4.79 Å². The molecule has 3 aliphatic rings. The molecule has 0 aliphatic carbocycles. The highest BCUT2D eigenvalue weighted by Gasteiger charge is 2.40. The van der Waals surface area contributed by atoms with Gasteiger partial charge in [-0.05, 0) is 41.5 Å². The first-order chi connectivity index (χ1) is 17.0. The number of imide groups is 1. The number of hydrogen-bond donors (Lipinski definition) is 0. The molecule has 1 saturated heterocycles. The van der Waals surface area contributed by atoms with Crippen LogP contribution >= 0.6 is 0 Å². The number of nitrogens with zero attached hydrogens (tertiary/aromatic N) is 2. The number of carbonyl (C=O) groups excluding carboxylic acids is 3. The molecule has 6 rings (SSSR count). The Morgan fingerprint density at radius 2 is 1.49 bits per heavy atom. The minimum absolute atomic E-state index is 0.220. The predicted molar refractivity (Wildman–Crippen MR) is 132 cm³/mol. The molecule has 1 spiro atoms. The van der Waals surface area contributed by atoms with Crippen molar-refractivity contribution < 1.29 is 19.1 Å². The van der Waals surface area contributed by atoms with E-state index in [-0.39, 0.29) is 12.5 Å². The average molecular weight is 465 g/mol. The second kappa shape index (κ2) is 8.24. The van der Waals surface area contributed by atoms with Gasteiger partial charge in [0, 0.05) is 31.5 Å². The SMILES string of the molecule is O=C(CN1C(=O)c2ccccc2C1=O)N1CCC2(C=Cc3cc(-c4ccccc4)ccc3O2)CC1. The molecule has 3 aliphatic heterocycles. The van der Waals surface area contributed by atoms with Crippen molar-refractivity contribution >= 4 is 23.8 Å². The third kappa shape index (κ3) is 3.71. The Kier molecular flexibility index (Phi) is 5.02. The molecular formula is C29H24N2O4. The summed E-state index contributed by atoms with van der Waals surface area (Å²) in [5.41, 5.74) is 3.61. The number of carbonyl (C=O) groups is 3. The Morgan fingerprint density at radius 1 is 0.829 bits per heavy atom. The summed E-state index contributed by atoms with van der Waals surface area (Å²) in [7, 11) is 0. The van der Waals surface area contributed by atoms with Crippen molar-refractivity contribution in [3.05, 3.63) is 95.6 Å². The van der Waals surface area contributed by atoms with Gasteiger partial charge in [-0.1, -0.05) is 54.6 Å². The maximum atomic E-state index is 13.0. The lowest BCUT2D eigenvalue weighted by Gasteiger charge is -2.42. The van der Waals surface area contributed by atoms with Crippen LogP contribution in [0.1, 0.15) is 39.1 Å². The fraction of sp³-hybridized carbons (Fsp3) is 0.207. The molecule has 0 bridgehead atoms. The molecule has 3 aromatic carbocycles. The van der Waals surface area contributed by atoms with Gasteiger partial charge in [-0.15, -0.1) is 0 Å². The Balaban J connectivity index is 1.11. The van der Waals surface area contributed by atoms with Crippen molar-refractivity contribution in [1.82, 2.24) is 9.80 Å². The topological polar surface area (TPSA) is 66.9 Å². The van der Waals surface area contributed by atoms with E-state index in [2.05, 4.69) is 36.4 Å². The van der Waals surface area contributed by atoms with Gasteiger partial charge in [-0.2, -0.15) is 0 Å². The molecule has 35 heavy (non-hydrogen) atoms. The van der Waals surface area contributed by atoms with Gasteiger partial charge in [0.1, 0.15) is 17.9 Å². The molecule has 0 unspecified atom stereocenters. The third-order valence-electron chi connectivity index (χ3n) is 7.13. The molecule has 0 aromatic heterocycles. The molecule has 174 valence electrons. The van der Waals surface area contributed by atoms with Crippen LogP contribution in [0.3, 0.4) is 0 Å². The Hall–Kier alpha value is -4.19. The summed E-state index contributed by atoms with van der Waals surface area (Å²) in [5, 5.41) is 0. The van der Waals surface area contributed by atoms with E-state index in [0.717, 1.165) is 27.3 Å². The van der Waals surface area contributed by atoms with Gasteiger partial charge in [-0.3, -0.25) is 19.3 Å². The first-order valence-corrected chi connectivity index (χ1v) is 11.8. The first-order valence-electron chi connectivity index (χ1n) is 11.8. The molecule has 3 heterocycles. The van der Waals surface area contributed by atoms with E-state index in [9.17, 15) is 14.4 Å². The Morgan fingerprint density at radius 3 is 2.17 bits per heavy atom. The van der Waals surface area contributed by atoms with Crippen LogP contribution in [0.4, 0.5) is 0 Å². The van der Waals surface area contributed by atoms with Crippen LogP contribution in [0.5, 0.6) is 5.75 Å². The zero-order valence-corrected chi connectivity index (χ0v) is 19.1. The van der Waals surface area contributed by atoms with Gasteiger partial charge in [0.2, 0.25) is 5.91 Å². The number of piperidine rings is 1. The third-order valence-corrected chi connectivity index (χ3v) is 7.13. The van der Waals surface area contributed by atoms with Gasteiger partial charge in [0.05, 0.1) is 11.1 Å². The quantitative estimate of drug-likeness (QED) is 0.539. The lowest BCUT2D eigenvalue weighted by Crippen LogP contribution is -2.51. The fourth-order valence-corrected chi connectivity index (χ4v) is 5.10. The number of benzene rings is 3. The molecule has 6 heteroatoms. The number of hydrogen-bond acceptors (Lipinski definition) is 4. The Bertz CT molecular complexity index is 1340. The highest BCUT2D eigenvalue weighted by molar-refractivity contribution is 6.22. The zero-order valence-electron chi connectivity index (χ0n) is 19.1. The molecule has 3 aromatic rings. The molecule has 0 saturated carbocycles. The molecule has 0 N–H and O–H groups in total. The normalized spacial score (nSPS) is 17.8.